The lowest BCUT2D eigenvalue weighted by atomic mass is 9.69. The molecule has 10 nitrogen and oxygen atoms in total. The SMILES string of the molecule is O=S(=O)(c1ccc(N2CCC2)nc1)N1CCC2=Cc3c(cnn3-c3ccc(F)cc3)CC2(COCc2ncco2)C1. The standard InChI is InChI=1S/C29H29FN6O4S/c30-23-2-4-24(5-3-23)36-26-14-22-8-12-35(41(37,38)25-6-7-27(32-17-25)34-10-1-11-34)19-29(22,15-21(26)16-33-36)20-39-18-28-31-9-13-40-28/h2-7,9,13-14,16-17H,1,8,10-12,15,18-20H2. The van der Waals surface area contributed by atoms with E-state index in [1.54, 1.807) is 45.6 Å². The van der Waals surface area contributed by atoms with Crippen LogP contribution in [-0.2, 0) is 27.8 Å². The number of piperidine rings is 1. The Morgan fingerprint density at radius 2 is 1.90 bits per heavy atom. The molecular formula is C29H29FN6O4S. The van der Waals surface area contributed by atoms with Crippen LogP contribution in [0, 0.1) is 11.2 Å². The van der Waals surface area contributed by atoms with Crippen LogP contribution in [-0.4, -0.2) is 65.3 Å². The van der Waals surface area contributed by atoms with E-state index in [0.717, 1.165) is 47.8 Å². The van der Waals surface area contributed by atoms with Crippen LogP contribution in [0.5, 0.6) is 0 Å². The Morgan fingerprint density at radius 3 is 2.61 bits per heavy atom. The molecule has 41 heavy (non-hydrogen) atoms. The molecule has 0 radical (unpaired) electrons. The molecule has 2 saturated heterocycles. The Hall–Kier alpha value is -3.87. The number of hydrogen-bond donors (Lipinski definition) is 0. The summed E-state index contributed by atoms with van der Waals surface area (Å²) in [6, 6.07) is 9.65. The minimum Gasteiger partial charge on any atom is -0.446 e. The second kappa shape index (κ2) is 10.2. The van der Waals surface area contributed by atoms with Gasteiger partial charge in [0.1, 0.15) is 29.4 Å². The predicted molar refractivity (Wildman–Crippen MR) is 148 cm³/mol. The number of halogens is 1. The Morgan fingerprint density at radius 1 is 1.05 bits per heavy atom. The number of nitrogens with zero attached hydrogens (tertiary/aromatic N) is 6. The summed E-state index contributed by atoms with van der Waals surface area (Å²) in [4.78, 5) is 10.9. The average molecular weight is 577 g/mol. The van der Waals surface area contributed by atoms with Crippen LogP contribution in [0.1, 0.15) is 30.0 Å². The second-order valence-corrected chi connectivity index (χ2v) is 12.7. The third kappa shape index (κ3) is 4.75. The molecule has 1 aromatic carbocycles. The van der Waals surface area contributed by atoms with Gasteiger partial charge in [-0.25, -0.2) is 27.5 Å². The normalized spacial score (nSPS) is 20.7. The third-order valence-electron chi connectivity index (χ3n) is 8.21. The minimum absolute atomic E-state index is 0.179. The van der Waals surface area contributed by atoms with E-state index in [2.05, 4.69) is 26.0 Å². The van der Waals surface area contributed by atoms with Crippen molar-refractivity contribution >= 4 is 21.9 Å². The molecule has 12 heteroatoms. The molecule has 2 aliphatic heterocycles. The molecular weight excluding hydrogens is 547 g/mol. The maximum Gasteiger partial charge on any atom is 0.244 e. The van der Waals surface area contributed by atoms with Crippen molar-refractivity contribution in [3.8, 4) is 5.69 Å². The quantitative estimate of drug-likeness (QED) is 0.312. The number of benzene rings is 1. The molecule has 1 unspecified atom stereocenters. The molecule has 0 N–H and O–H groups in total. The number of fused-ring (bicyclic) bond motifs is 2. The Bertz CT molecular complexity index is 1680. The van der Waals surface area contributed by atoms with Gasteiger partial charge in [0.2, 0.25) is 15.9 Å². The van der Waals surface area contributed by atoms with Crippen molar-refractivity contribution in [2.24, 2.45) is 5.41 Å². The van der Waals surface area contributed by atoms with Gasteiger partial charge >= 0.3 is 0 Å². The highest BCUT2D eigenvalue weighted by molar-refractivity contribution is 7.89. The lowest BCUT2D eigenvalue weighted by Gasteiger charge is -2.45. The Kier molecular flexibility index (Phi) is 6.48. The second-order valence-electron chi connectivity index (χ2n) is 10.8. The summed E-state index contributed by atoms with van der Waals surface area (Å²) in [5, 5.41) is 4.60. The van der Waals surface area contributed by atoms with Crippen molar-refractivity contribution in [3.63, 3.8) is 0 Å². The van der Waals surface area contributed by atoms with Gasteiger partial charge in [0.25, 0.3) is 0 Å². The van der Waals surface area contributed by atoms with Crippen molar-refractivity contribution < 1.29 is 22.0 Å². The zero-order chi connectivity index (χ0) is 28.0. The van der Waals surface area contributed by atoms with E-state index in [0.29, 0.717) is 25.3 Å². The van der Waals surface area contributed by atoms with Crippen molar-refractivity contribution in [2.75, 3.05) is 37.7 Å². The molecule has 1 aliphatic carbocycles. The molecule has 0 saturated carbocycles. The molecule has 212 valence electrons. The van der Waals surface area contributed by atoms with Gasteiger partial charge in [-0.3, -0.25) is 0 Å². The van der Waals surface area contributed by atoms with Crippen LogP contribution in [0.15, 0.2) is 76.1 Å². The van der Waals surface area contributed by atoms with Gasteiger partial charge in [0.15, 0.2) is 0 Å². The summed E-state index contributed by atoms with van der Waals surface area (Å²) in [6.07, 6.45) is 10.6. The first-order chi connectivity index (χ1) is 19.9. The lowest BCUT2D eigenvalue weighted by molar-refractivity contribution is 0.0229. The zero-order valence-corrected chi connectivity index (χ0v) is 23.1. The fraction of sp³-hybridized carbons (Fsp3) is 0.345. The van der Waals surface area contributed by atoms with Crippen LogP contribution in [0.4, 0.5) is 10.2 Å². The number of aromatic nitrogens is 4. The monoisotopic (exact) mass is 576 g/mol. The molecule has 0 spiro atoms. The molecule has 0 amide bonds. The number of anilines is 1. The maximum atomic E-state index is 13.8. The molecule has 7 rings (SSSR count). The fourth-order valence-corrected chi connectivity index (χ4v) is 7.35. The van der Waals surface area contributed by atoms with E-state index in [4.69, 9.17) is 9.15 Å². The largest absolute Gasteiger partial charge is 0.446 e. The van der Waals surface area contributed by atoms with Crippen molar-refractivity contribution in [3.05, 3.63) is 89.8 Å². The maximum absolute atomic E-state index is 13.8. The van der Waals surface area contributed by atoms with E-state index in [1.807, 2.05) is 0 Å². The number of hydrogen-bond acceptors (Lipinski definition) is 8. The summed E-state index contributed by atoms with van der Waals surface area (Å²) in [5.41, 5.74) is 3.13. The third-order valence-corrected chi connectivity index (χ3v) is 10.0. The molecule has 5 heterocycles. The summed E-state index contributed by atoms with van der Waals surface area (Å²) in [6.45, 7) is 2.93. The molecule has 2 fully saturated rings. The molecule has 0 bridgehead atoms. The van der Waals surface area contributed by atoms with Crippen LogP contribution in [0.25, 0.3) is 11.8 Å². The predicted octanol–water partition coefficient (Wildman–Crippen LogP) is 3.84. The Labute approximate surface area is 237 Å². The minimum atomic E-state index is -3.79. The van der Waals surface area contributed by atoms with Crippen molar-refractivity contribution in [2.45, 2.75) is 30.8 Å². The van der Waals surface area contributed by atoms with Gasteiger partial charge in [0, 0.05) is 37.8 Å². The van der Waals surface area contributed by atoms with Crippen LogP contribution in [0.2, 0.25) is 0 Å². The first kappa shape index (κ1) is 26.1. The van der Waals surface area contributed by atoms with Crippen LogP contribution >= 0.6 is 0 Å². The molecule has 4 aromatic rings. The first-order valence-electron chi connectivity index (χ1n) is 13.6. The average Bonchev–Trinajstić information content (AvgIpc) is 3.61. The molecule has 1 atom stereocenters. The van der Waals surface area contributed by atoms with Gasteiger partial charge in [-0.1, -0.05) is 5.57 Å². The van der Waals surface area contributed by atoms with Gasteiger partial charge in [-0.05, 0) is 67.3 Å². The van der Waals surface area contributed by atoms with E-state index in [9.17, 15) is 12.8 Å². The van der Waals surface area contributed by atoms with Crippen LogP contribution in [0.3, 0.4) is 0 Å². The van der Waals surface area contributed by atoms with E-state index in [-0.39, 0.29) is 30.5 Å². The summed E-state index contributed by atoms with van der Waals surface area (Å²) in [5.74, 6) is 0.948. The summed E-state index contributed by atoms with van der Waals surface area (Å²) in [7, 11) is -3.79. The van der Waals surface area contributed by atoms with E-state index < -0.39 is 15.4 Å². The number of sulfonamides is 1. The van der Waals surface area contributed by atoms with Crippen LogP contribution < -0.4 is 4.90 Å². The topological polar surface area (TPSA) is 107 Å². The lowest BCUT2D eigenvalue weighted by Crippen LogP contribution is -2.51. The number of oxazole rings is 1. The highest BCUT2D eigenvalue weighted by Crippen LogP contribution is 2.45. The number of pyridine rings is 1. The van der Waals surface area contributed by atoms with Gasteiger partial charge in [-0.2, -0.15) is 9.40 Å². The Balaban J connectivity index is 1.19. The van der Waals surface area contributed by atoms with Gasteiger partial charge < -0.3 is 14.1 Å². The number of rotatable bonds is 8. The zero-order valence-electron chi connectivity index (χ0n) is 22.3. The highest BCUT2D eigenvalue weighted by Gasteiger charge is 2.46. The smallest absolute Gasteiger partial charge is 0.244 e. The van der Waals surface area contributed by atoms with Crippen molar-refractivity contribution in [1.82, 2.24) is 24.1 Å². The van der Waals surface area contributed by atoms with E-state index in [1.165, 1.54) is 24.6 Å². The molecule has 3 aliphatic rings. The highest BCUT2D eigenvalue weighted by atomic mass is 32.2. The van der Waals surface area contributed by atoms with Crippen molar-refractivity contribution in [1.29, 1.82) is 0 Å². The van der Waals surface area contributed by atoms with Gasteiger partial charge in [0.05, 0.1) is 30.4 Å². The summed E-state index contributed by atoms with van der Waals surface area (Å²) < 4.78 is 56.0. The summed E-state index contributed by atoms with van der Waals surface area (Å²) >= 11 is 0. The van der Waals surface area contributed by atoms with Gasteiger partial charge in [-0.15, -0.1) is 0 Å². The fourth-order valence-electron chi connectivity index (χ4n) is 5.88. The number of ether oxygens (including phenoxy) is 1. The van der Waals surface area contributed by atoms with E-state index >= 15 is 0 Å². The molecule has 3 aromatic heterocycles. The first-order valence-corrected chi connectivity index (χ1v) is 15.1.